The van der Waals surface area contributed by atoms with E-state index in [1.54, 1.807) is 0 Å². The summed E-state index contributed by atoms with van der Waals surface area (Å²) in [5.41, 5.74) is 4.72. The molecule has 37 heavy (non-hydrogen) atoms. The molecule has 1 saturated heterocycles. The molecule has 194 valence electrons. The molecule has 7 heteroatoms. The van der Waals surface area contributed by atoms with E-state index in [0.717, 1.165) is 42.1 Å². The number of benzene rings is 3. The van der Waals surface area contributed by atoms with Crippen molar-refractivity contribution >= 4 is 17.3 Å². The van der Waals surface area contributed by atoms with Crippen LogP contribution in [0, 0.1) is 17.6 Å². The lowest BCUT2D eigenvalue weighted by molar-refractivity contribution is -0.123. The van der Waals surface area contributed by atoms with E-state index < -0.39 is 17.6 Å². The normalized spacial score (nSPS) is 20.8. The molecule has 3 aromatic carbocycles. The maximum absolute atomic E-state index is 13.7. The van der Waals surface area contributed by atoms with Crippen LogP contribution in [0.15, 0.2) is 66.7 Å². The molecule has 3 atom stereocenters. The van der Waals surface area contributed by atoms with Crippen LogP contribution in [0.3, 0.4) is 0 Å². The molecule has 0 bridgehead atoms. The van der Waals surface area contributed by atoms with E-state index in [9.17, 15) is 13.6 Å². The van der Waals surface area contributed by atoms with Crippen LogP contribution in [0.5, 0.6) is 0 Å². The van der Waals surface area contributed by atoms with Crippen molar-refractivity contribution in [2.45, 2.75) is 51.4 Å². The highest BCUT2D eigenvalue weighted by atomic mass is 19.2. The number of carbonyl (C=O) groups is 1. The van der Waals surface area contributed by atoms with E-state index >= 15 is 0 Å². The zero-order chi connectivity index (χ0) is 25.9. The molecular formula is C30H33F2N3O2. The lowest BCUT2D eigenvalue weighted by Crippen LogP contribution is -2.43. The molecule has 0 aliphatic carbocycles. The lowest BCUT2D eigenvalue weighted by Gasteiger charge is -2.33. The van der Waals surface area contributed by atoms with E-state index in [0.29, 0.717) is 18.7 Å². The van der Waals surface area contributed by atoms with Crippen molar-refractivity contribution in [1.29, 1.82) is 0 Å². The maximum Gasteiger partial charge on any atom is 0.229 e. The summed E-state index contributed by atoms with van der Waals surface area (Å²) in [6, 6.07) is 20.4. The fourth-order valence-corrected chi connectivity index (χ4v) is 5.51. The zero-order valence-electron chi connectivity index (χ0n) is 21.2. The molecule has 2 aliphatic heterocycles. The largest absolute Gasteiger partial charge is 0.380 e. The Bertz CT molecular complexity index is 1240. The second-order valence-corrected chi connectivity index (χ2v) is 10.3. The molecule has 1 amide bonds. The first-order chi connectivity index (χ1) is 17.9. The fraction of sp³-hybridized carbons (Fsp3) is 0.367. The van der Waals surface area contributed by atoms with Crippen molar-refractivity contribution in [3.05, 3.63) is 95.1 Å². The SMILES string of the molecule is CC(C)C1C(C(=O)NCc2ccc(F)c(F)c2)c2ccc(NC3CCOC3)cc2N1Cc1ccccc1. The van der Waals surface area contributed by atoms with Crippen LogP contribution in [0.1, 0.15) is 42.9 Å². The summed E-state index contributed by atoms with van der Waals surface area (Å²) in [5.74, 6) is -2.14. The number of hydrogen-bond acceptors (Lipinski definition) is 4. The van der Waals surface area contributed by atoms with Gasteiger partial charge in [-0.1, -0.05) is 56.3 Å². The highest BCUT2D eigenvalue weighted by Crippen LogP contribution is 2.46. The number of nitrogens with one attached hydrogen (secondary N) is 2. The van der Waals surface area contributed by atoms with E-state index in [1.165, 1.54) is 11.6 Å². The van der Waals surface area contributed by atoms with Crippen molar-refractivity contribution in [3.8, 4) is 0 Å². The predicted molar refractivity (Wildman–Crippen MR) is 141 cm³/mol. The molecule has 0 aromatic heterocycles. The molecule has 0 radical (unpaired) electrons. The van der Waals surface area contributed by atoms with Crippen LogP contribution < -0.4 is 15.5 Å². The topological polar surface area (TPSA) is 53.6 Å². The molecule has 1 fully saturated rings. The number of ether oxygens (including phenoxy) is 1. The van der Waals surface area contributed by atoms with E-state index in [2.05, 4.69) is 53.6 Å². The summed E-state index contributed by atoms with van der Waals surface area (Å²) in [6.07, 6.45) is 0.967. The Morgan fingerprint density at radius 1 is 1.03 bits per heavy atom. The first-order valence-corrected chi connectivity index (χ1v) is 12.9. The summed E-state index contributed by atoms with van der Waals surface area (Å²) < 4.78 is 32.6. The maximum atomic E-state index is 13.7. The minimum Gasteiger partial charge on any atom is -0.380 e. The van der Waals surface area contributed by atoms with Crippen LogP contribution >= 0.6 is 0 Å². The van der Waals surface area contributed by atoms with Crippen LogP contribution in [0.2, 0.25) is 0 Å². The molecule has 3 aromatic rings. The monoisotopic (exact) mass is 505 g/mol. The zero-order valence-corrected chi connectivity index (χ0v) is 21.2. The number of halogens is 2. The quantitative estimate of drug-likeness (QED) is 0.418. The highest BCUT2D eigenvalue weighted by molar-refractivity contribution is 5.90. The molecule has 2 N–H and O–H groups in total. The molecular weight excluding hydrogens is 472 g/mol. The molecule has 3 unspecified atom stereocenters. The first kappa shape index (κ1) is 25.2. The lowest BCUT2D eigenvalue weighted by atomic mass is 9.87. The summed E-state index contributed by atoms with van der Waals surface area (Å²) in [5, 5.41) is 6.57. The van der Waals surface area contributed by atoms with Crippen molar-refractivity contribution in [2.24, 2.45) is 5.92 Å². The number of rotatable bonds is 8. The second kappa shape index (κ2) is 10.9. The van der Waals surface area contributed by atoms with E-state index in [-0.39, 0.29) is 30.5 Å². The van der Waals surface area contributed by atoms with Gasteiger partial charge in [0.1, 0.15) is 0 Å². The van der Waals surface area contributed by atoms with Crippen LogP contribution in [-0.4, -0.2) is 31.2 Å². The number of hydrogen-bond donors (Lipinski definition) is 2. The Hall–Kier alpha value is -3.45. The van der Waals surface area contributed by atoms with Gasteiger partial charge in [-0.3, -0.25) is 4.79 Å². The van der Waals surface area contributed by atoms with Crippen LogP contribution in [0.25, 0.3) is 0 Å². The van der Waals surface area contributed by atoms with Gasteiger partial charge in [-0.05, 0) is 53.3 Å². The van der Waals surface area contributed by atoms with Gasteiger partial charge in [0.05, 0.1) is 18.6 Å². The number of nitrogens with zero attached hydrogens (tertiary/aromatic N) is 1. The molecule has 0 saturated carbocycles. The number of amides is 1. The van der Waals surface area contributed by atoms with Crippen molar-refractivity contribution in [2.75, 3.05) is 23.4 Å². The third-order valence-electron chi connectivity index (χ3n) is 7.29. The number of anilines is 2. The van der Waals surface area contributed by atoms with Crippen LogP contribution in [-0.2, 0) is 22.6 Å². The minimum absolute atomic E-state index is 0.0646. The third-order valence-corrected chi connectivity index (χ3v) is 7.29. The van der Waals surface area contributed by atoms with Crippen molar-refractivity contribution in [3.63, 3.8) is 0 Å². The summed E-state index contributed by atoms with van der Waals surface area (Å²) in [6.45, 7) is 6.54. The molecule has 5 rings (SSSR count). The Labute approximate surface area is 216 Å². The smallest absolute Gasteiger partial charge is 0.229 e. The van der Waals surface area contributed by atoms with Crippen LogP contribution in [0.4, 0.5) is 20.2 Å². The van der Waals surface area contributed by atoms with Gasteiger partial charge < -0.3 is 20.3 Å². The van der Waals surface area contributed by atoms with Gasteiger partial charge in [-0.25, -0.2) is 8.78 Å². The minimum atomic E-state index is -0.917. The Balaban J connectivity index is 1.45. The Morgan fingerprint density at radius 3 is 2.54 bits per heavy atom. The Kier molecular flexibility index (Phi) is 7.42. The summed E-state index contributed by atoms with van der Waals surface area (Å²) >= 11 is 0. The van der Waals surface area contributed by atoms with Gasteiger partial charge in [0, 0.05) is 37.1 Å². The van der Waals surface area contributed by atoms with Gasteiger partial charge in [0.15, 0.2) is 11.6 Å². The highest BCUT2D eigenvalue weighted by Gasteiger charge is 2.44. The third kappa shape index (κ3) is 5.47. The standard InChI is InChI=1S/C30H33F2N3O2/c1-19(2)29-28(30(36)33-16-21-8-11-25(31)26(32)14-21)24-10-9-22(34-23-12-13-37-18-23)15-27(24)35(29)17-20-6-4-3-5-7-20/h3-11,14-15,19,23,28-29,34H,12-13,16-18H2,1-2H3,(H,33,36). The summed E-state index contributed by atoms with van der Waals surface area (Å²) in [7, 11) is 0. The number of carbonyl (C=O) groups excluding carboxylic acids is 1. The van der Waals surface area contributed by atoms with Crippen molar-refractivity contribution in [1.82, 2.24) is 5.32 Å². The van der Waals surface area contributed by atoms with Gasteiger partial charge in [-0.15, -0.1) is 0 Å². The van der Waals surface area contributed by atoms with E-state index in [1.807, 2.05) is 24.3 Å². The van der Waals surface area contributed by atoms with Gasteiger partial charge in [0.2, 0.25) is 5.91 Å². The first-order valence-electron chi connectivity index (χ1n) is 12.9. The molecule has 2 aliphatic rings. The van der Waals surface area contributed by atoms with Crippen molar-refractivity contribution < 1.29 is 18.3 Å². The number of fused-ring (bicyclic) bond motifs is 1. The fourth-order valence-electron chi connectivity index (χ4n) is 5.51. The molecule has 0 spiro atoms. The van der Waals surface area contributed by atoms with Gasteiger partial charge in [0.25, 0.3) is 0 Å². The predicted octanol–water partition coefficient (Wildman–Crippen LogP) is 5.61. The van der Waals surface area contributed by atoms with Gasteiger partial charge >= 0.3 is 0 Å². The van der Waals surface area contributed by atoms with E-state index in [4.69, 9.17) is 4.74 Å². The average Bonchev–Trinajstić information content (AvgIpc) is 3.51. The van der Waals surface area contributed by atoms with Gasteiger partial charge in [-0.2, -0.15) is 0 Å². The second-order valence-electron chi connectivity index (χ2n) is 10.3. The molecule has 5 nitrogen and oxygen atoms in total. The Morgan fingerprint density at radius 2 is 1.84 bits per heavy atom. The molecule has 2 heterocycles. The summed E-state index contributed by atoms with van der Waals surface area (Å²) in [4.78, 5) is 16.0. The average molecular weight is 506 g/mol.